The van der Waals surface area contributed by atoms with Gasteiger partial charge in [0.15, 0.2) is 6.61 Å². The van der Waals surface area contributed by atoms with E-state index in [0.29, 0.717) is 17.1 Å². The van der Waals surface area contributed by atoms with Crippen LogP contribution in [0.15, 0.2) is 48.5 Å². The number of rotatable bonds is 8. The molecule has 3 rings (SSSR count). The molecule has 1 amide bonds. The summed E-state index contributed by atoms with van der Waals surface area (Å²) in [5.41, 5.74) is 1.95. The van der Waals surface area contributed by atoms with E-state index in [1.54, 1.807) is 25.3 Å². The topological polar surface area (TPSA) is 74.7 Å². The Balaban J connectivity index is 0.00000145. The van der Waals surface area contributed by atoms with Gasteiger partial charge in [0.1, 0.15) is 11.5 Å². The van der Waals surface area contributed by atoms with E-state index in [1.165, 1.54) is 11.8 Å². The molecule has 2 aromatic rings. The first-order valence-corrected chi connectivity index (χ1v) is 10.0. The lowest BCUT2D eigenvalue weighted by Crippen LogP contribution is -2.39. The van der Waals surface area contributed by atoms with Crippen LogP contribution in [0.5, 0.6) is 11.5 Å². The molecule has 0 spiro atoms. The molecule has 1 saturated heterocycles. The molecule has 1 aliphatic rings. The third-order valence-electron chi connectivity index (χ3n) is 4.62. The normalized spacial score (nSPS) is 15.8. The lowest BCUT2D eigenvalue weighted by molar-refractivity contribution is -0.123. The summed E-state index contributed by atoms with van der Waals surface area (Å²) in [5, 5.41) is 10.4. The number of amides is 1. The Bertz CT molecular complexity index is 780. The van der Waals surface area contributed by atoms with E-state index in [2.05, 4.69) is 22.3 Å². The van der Waals surface area contributed by atoms with Crippen molar-refractivity contribution < 1.29 is 14.3 Å². The summed E-state index contributed by atoms with van der Waals surface area (Å²) in [6.45, 7) is 6.69. The number of likely N-dealkylation sites (tertiary alicyclic amines) is 1. The zero-order chi connectivity index (χ0) is 21.1. The van der Waals surface area contributed by atoms with Crippen LogP contribution in [-0.4, -0.2) is 49.9 Å². The van der Waals surface area contributed by atoms with Crippen molar-refractivity contribution in [3.63, 3.8) is 0 Å². The second-order valence-corrected chi connectivity index (χ2v) is 6.61. The van der Waals surface area contributed by atoms with Crippen LogP contribution in [0.25, 0.3) is 0 Å². The second-order valence-electron chi connectivity index (χ2n) is 6.61. The number of ether oxygens (including phenoxy) is 2. The van der Waals surface area contributed by atoms with Gasteiger partial charge in [-0.2, -0.15) is 0 Å². The maximum Gasteiger partial charge on any atom is 0.258 e. The van der Waals surface area contributed by atoms with Crippen molar-refractivity contribution in [2.75, 3.05) is 26.8 Å². The van der Waals surface area contributed by atoms with Gasteiger partial charge in [0.05, 0.1) is 7.11 Å². The van der Waals surface area contributed by atoms with Gasteiger partial charge in [0.25, 0.3) is 5.91 Å². The van der Waals surface area contributed by atoms with Crippen molar-refractivity contribution >= 4 is 12.1 Å². The number of benzene rings is 2. The molecule has 1 heterocycles. The first-order valence-electron chi connectivity index (χ1n) is 10.0. The van der Waals surface area contributed by atoms with Crippen LogP contribution in [0.4, 0.5) is 0 Å². The fourth-order valence-electron chi connectivity index (χ4n) is 3.25. The first kappa shape index (κ1) is 22.4. The van der Waals surface area contributed by atoms with Crippen molar-refractivity contribution in [2.24, 2.45) is 0 Å². The van der Waals surface area contributed by atoms with Crippen LogP contribution in [0, 0.1) is 5.41 Å². The summed E-state index contributed by atoms with van der Waals surface area (Å²) in [6, 6.07) is 15.7. The van der Waals surface area contributed by atoms with Gasteiger partial charge in [0, 0.05) is 43.5 Å². The number of nitrogens with one attached hydrogen (secondary N) is 2. The molecule has 0 aliphatic carbocycles. The SMILES string of the molecule is CC.COc1cc(OCC(=O)NC2CCN(Cc3ccccc3)C2)ccc1C=N. The Labute approximate surface area is 173 Å². The zero-order valence-corrected chi connectivity index (χ0v) is 17.5. The van der Waals surface area contributed by atoms with Gasteiger partial charge in [-0.05, 0) is 24.1 Å². The molecule has 1 aliphatic heterocycles. The van der Waals surface area contributed by atoms with E-state index >= 15 is 0 Å². The minimum atomic E-state index is -0.128. The van der Waals surface area contributed by atoms with Gasteiger partial charge in [-0.1, -0.05) is 44.2 Å². The Hall–Kier alpha value is -2.86. The molecule has 0 saturated carbocycles. The highest BCUT2D eigenvalue weighted by molar-refractivity contribution is 5.81. The number of carbonyl (C=O) groups excluding carboxylic acids is 1. The summed E-state index contributed by atoms with van der Waals surface area (Å²) in [6.07, 6.45) is 2.16. The van der Waals surface area contributed by atoms with Gasteiger partial charge in [0.2, 0.25) is 0 Å². The number of methoxy groups -OCH3 is 1. The molecule has 2 aromatic carbocycles. The maximum atomic E-state index is 12.2. The van der Waals surface area contributed by atoms with E-state index in [0.717, 1.165) is 26.1 Å². The molecule has 1 atom stereocenters. The Morgan fingerprint density at radius 1 is 1.24 bits per heavy atom. The van der Waals surface area contributed by atoms with Gasteiger partial charge < -0.3 is 20.2 Å². The quantitative estimate of drug-likeness (QED) is 0.669. The summed E-state index contributed by atoms with van der Waals surface area (Å²) < 4.78 is 10.8. The van der Waals surface area contributed by atoms with E-state index in [1.807, 2.05) is 32.0 Å². The number of nitrogens with zero attached hydrogens (tertiary/aromatic N) is 1. The molecule has 6 nitrogen and oxygen atoms in total. The standard InChI is InChI=1S/C21H25N3O3.C2H6/c1-26-20-11-19(8-7-17(20)12-22)27-15-21(25)23-18-9-10-24(14-18)13-16-5-3-2-4-6-16;1-2/h2-8,11-12,18,22H,9-10,13-15H2,1H3,(H,23,25);1-2H3. The third kappa shape index (κ3) is 6.91. The van der Waals surface area contributed by atoms with Crippen LogP contribution >= 0.6 is 0 Å². The van der Waals surface area contributed by atoms with Crippen LogP contribution in [0.1, 0.15) is 31.4 Å². The summed E-state index contributed by atoms with van der Waals surface area (Å²) in [7, 11) is 1.54. The van der Waals surface area contributed by atoms with Crippen LogP contribution in [-0.2, 0) is 11.3 Å². The molecule has 1 fully saturated rings. The number of hydrogen-bond donors (Lipinski definition) is 2. The Morgan fingerprint density at radius 3 is 2.69 bits per heavy atom. The predicted octanol–water partition coefficient (Wildman–Crippen LogP) is 3.49. The molecular formula is C23H31N3O3. The Morgan fingerprint density at radius 2 is 2.00 bits per heavy atom. The summed E-state index contributed by atoms with van der Waals surface area (Å²) in [4.78, 5) is 14.5. The van der Waals surface area contributed by atoms with Gasteiger partial charge in [-0.3, -0.25) is 9.69 Å². The molecule has 1 unspecified atom stereocenters. The second kappa shape index (κ2) is 11.9. The van der Waals surface area contributed by atoms with Crippen molar-refractivity contribution in [1.29, 1.82) is 5.41 Å². The van der Waals surface area contributed by atoms with Gasteiger partial charge >= 0.3 is 0 Å². The molecule has 6 heteroatoms. The summed E-state index contributed by atoms with van der Waals surface area (Å²) >= 11 is 0. The van der Waals surface area contributed by atoms with Gasteiger partial charge in [-0.15, -0.1) is 0 Å². The molecule has 0 radical (unpaired) electrons. The van der Waals surface area contributed by atoms with E-state index in [4.69, 9.17) is 14.9 Å². The lowest BCUT2D eigenvalue weighted by atomic mass is 10.2. The van der Waals surface area contributed by atoms with Gasteiger partial charge in [-0.25, -0.2) is 0 Å². The maximum absolute atomic E-state index is 12.2. The average Bonchev–Trinajstić information content (AvgIpc) is 3.20. The minimum absolute atomic E-state index is 0.0394. The molecule has 0 aromatic heterocycles. The fraction of sp³-hybridized carbons (Fsp3) is 0.391. The zero-order valence-electron chi connectivity index (χ0n) is 17.5. The largest absolute Gasteiger partial charge is 0.496 e. The molecule has 29 heavy (non-hydrogen) atoms. The van der Waals surface area contributed by atoms with Crippen LogP contribution in [0.3, 0.4) is 0 Å². The monoisotopic (exact) mass is 397 g/mol. The molecular weight excluding hydrogens is 366 g/mol. The number of carbonyl (C=O) groups is 1. The highest BCUT2D eigenvalue weighted by atomic mass is 16.5. The molecule has 2 N–H and O–H groups in total. The molecule has 0 bridgehead atoms. The van der Waals surface area contributed by atoms with Crippen molar-refractivity contribution in [2.45, 2.75) is 32.9 Å². The highest BCUT2D eigenvalue weighted by Crippen LogP contribution is 2.23. The third-order valence-corrected chi connectivity index (χ3v) is 4.62. The molecule has 156 valence electrons. The fourth-order valence-corrected chi connectivity index (χ4v) is 3.25. The summed E-state index contributed by atoms with van der Waals surface area (Å²) in [5.74, 6) is 0.969. The average molecular weight is 398 g/mol. The number of hydrogen-bond acceptors (Lipinski definition) is 5. The first-order chi connectivity index (χ1) is 14.2. The minimum Gasteiger partial charge on any atom is -0.496 e. The van der Waals surface area contributed by atoms with Crippen molar-refractivity contribution in [1.82, 2.24) is 10.2 Å². The van der Waals surface area contributed by atoms with Crippen molar-refractivity contribution in [3.05, 3.63) is 59.7 Å². The van der Waals surface area contributed by atoms with Crippen molar-refractivity contribution in [3.8, 4) is 11.5 Å². The van der Waals surface area contributed by atoms with E-state index in [-0.39, 0.29) is 18.6 Å². The van der Waals surface area contributed by atoms with Crippen LogP contribution in [0.2, 0.25) is 0 Å². The lowest BCUT2D eigenvalue weighted by Gasteiger charge is -2.17. The van der Waals surface area contributed by atoms with Crippen LogP contribution < -0.4 is 14.8 Å². The highest BCUT2D eigenvalue weighted by Gasteiger charge is 2.23. The smallest absolute Gasteiger partial charge is 0.258 e. The predicted molar refractivity (Wildman–Crippen MR) is 116 cm³/mol. The van der Waals surface area contributed by atoms with E-state index < -0.39 is 0 Å². The Kier molecular flexibility index (Phi) is 9.18. The van der Waals surface area contributed by atoms with E-state index in [9.17, 15) is 4.79 Å².